The third-order valence-corrected chi connectivity index (χ3v) is 4.77. The van der Waals surface area contributed by atoms with Gasteiger partial charge in [-0.3, -0.25) is 5.14 Å². The highest BCUT2D eigenvalue weighted by atomic mass is 35.5. The van der Waals surface area contributed by atoms with Gasteiger partial charge < -0.3 is 0 Å². The first-order valence-corrected chi connectivity index (χ1v) is 7.96. The fourth-order valence-corrected chi connectivity index (χ4v) is 2.73. The van der Waals surface area contributed by atoms with E-state index in [1.807, 2.05) is 44.2 Å². The van der Waals surface area contributed by atoms with Crippen LogP contribution in [-0.4, -0.2) is 8.96 Å². The minimum atomic E-state index is -1.32. The average Bonchev–Trinajstić information content (AvgIpc) is 2.31. The number of hydrogen-bond donors (Lipinski definition) is 1. The van der Waals surface area contributed by atoms with E-state index in [0.717, 1.165) is 24.3 Å². The van der Waals surface area contributed by atoms with Crippen molar-refractivity contribution in [3.8, 4) is 0 Å². The molecule has 2 N–H and O–H groups in total. The summed E-state index contributed by atoms with van der Waals surface area (Å²) < 4.78 is 11.2. The van der Waals surface area contributed by atoms with Crippen LogP contribution in [0.3, 0.4) is 0 Å². The number of rotatable bonds is 7. The van der Waals surface area contributed by atoms with E-state index in [4.69, 9.17) is 16.7 Å². The van der Waals surface area contributed by atoms with Gasteiger partial charge in [-0.05, 0) is 56.7 Å². The van der Waals surface area contributed by atoms with Crippen LogP contribution in [0.4, 0.5) is 0 Å². The van der Waals surface area contributed by atoms with Crippen LogP contribution in [-0.2, 0) is 17.4 Å². The molecule has 0 aliphatic carbocycles. The highest BCUT2D eigenvalue weighted by Crippen LogP contribution is 2.27. The van der Waals surface area contributed by atoms with Crippen molar-refractivity contribution < 1.29 is 4.21 Å². The van der Waals surface area contributed by atoms with Gasteiger partial charge >= 0.3 is 0 Å². The largest absolute Gasteiger partial charge is 0.251 e. The first kappa shape index (κ1) is 16.4. The zero-order valence-electron chi connectivity index (χ0n) is 11.6. The quantitative estimate of drug-likeness (QED) is 0.763. The molecule has 2 nitrogen and oxygen atoms in total. The van der Waals surface area contributed by atoms with Crippen LogP contribution in [0.5, 0.6) is 0 Å². The fraction of sp³-hybridized carbons (Fsp3) is 0.467. The van der Waals surface area contributed by atoms with Crippen LogP contribution in [0.2, 0.25) is 5.02 Å². The topological polar surface area (TPSA) is 43.1 Å². The highest BCUT2D eigenvalue weighted by molar-refractivity contribution is 7.84. The molecular weight excluding hydrogens is 278 g/mol. The van der Waals surface area contributed by atoms with Gasteiger partial charge in [0.25, 0.3) is 0 Å². The molecule has 0 heterocycles. The SMILES string of the molecule is C=CC[C@H](Cc1ccc(Cl)cc1)CC(C)(C)S(N)=O. The Balaban J connectivity index is 2.75. The van der Waals surface area contributed by atoms with E-state index in [1.165, 1.54) is 5.56 Å². The summed E-state index contributed by atoms with van der Waals surface area (Å²) in [6.45, 7) is 7.69. The highest BCUT2D eigenvalue weighted by Gasteiger charge is 2.27. The molecule has 0 aliphatic rings. The van der Waals surface area contributed by atoms with Crippen molar-refractivity contribution in [2.75, 3.05) is 0 Å². The lowest BCUT2D eigenvalue weighted by molar-refractivity contribution is 0.427. The zero-order chi connectivity index (χ0) is 14.5. The smallest absolute Gasteiger partial charge is 0.0945 e. The minimum Gasteiger partial charge on any atom is -0.251 e. The lowest BCUT2D eigenvalue weighted by Gasteiger charge is -2.27. The number of nitrogens with two attached hydrogens (primary N) is 1. The molecule has 1 unspecified atom stereocenters. The Morgan fingerprint density at radius 2 is 2.00 bits per heavy atom. The number of halogens is 1. The second kappa shape index (κ2) is 7.22. The molecule has 2 atom stereocenters. The maximum absolute atomic E-state index is 11.5. The molecule has 0 radical (unpaired) electrons. The maximum atomic E-state index is 11.5. The summed E-state index contributed by atoms with van der Waals surface area (Å²) in [5.41, 5.74) is 1.23. The van der Waals surface area contributed by atoms with Crippen molar-refractivity contribution in [1.82, 2.24) is 0 Å². The summed E-state index contributed by atoms with van der Waals surface area (Å²) in [5, 5.41) is 6.30. The van der Waals surface area contributed by atoms with Gasteiger partial charge in [-0.2, -0.15) is 0 Å². The Labute approximate surface area is 123 Å². The van der Waals surface area contributed by atoms with Gasteiger partial charge in [-0.15, -0.1) is 6.58 Å². The average molecular weight is 300 g/mol. The van der Waals surface area contributed by atoms with Crippen LogP contribution in [0.25, 0.3) is 0 Å². The van der Waals surface area contributed by atoms with E-state index in [-0.39, 0.29) is 4.75 Å². The Bertz CT molecular complexity index is 442. The molecule has 0 amide bonds. The van der Waals surface area contributed by atoms with E-state index >= 15 is 0 Å². The molecular formula is C15H22ClNOS. The number of hydrogen-bond acceptors (Lipinski definition) is 1. The van der Waals surface area contributed by atoms with Crippen molar-refractivity contribution in [3.05, 3.63) is 47.5 Å². The second-order valence-corrected chi connectivity index (χ2v) is 7.62. The zero-order valence-corrected chi connectivity index (χ0v) is 13.1. The van der Waals surface area contributed by atoms with E-state index < -0.39 is 11.0 Å². The van der Waals surface area contributed by atoms with Gasteiger partial charge in [0.05, 0.1) is 15.7 Å². The molecule has 0 aliphatic heterocycles. The summed E-state index contributed by atoms with van der Waals surface area (Å²) in [6.07, 6.45) is 4.54. The monoisotopic (exact) mass is 299 g/mol. The minimum absolute atomic E-state index is 0.375. The molecule has 0 bridgehead atoms. The molecule has 1 aromatic carbocycles. The molecule has 19 heavy (non-hydrogen) atoms. The van der Waals surface area contributed by atoms with E-state index in [9.17, 15) is 4.21 Å². The van der Waals surface area contributed by atoms with Gasteiger partial charge in [0.1, 0.15) is 0 Å². The fourth-order valence-electron chi connectivity index (χ4n) is 2.21. The third-order valence-electron chi connectivity index (χ3n) is 3.26. The van der Waals surface area contributed by atoms with Crippen LogP contribution < -0.4 is 5.14 Å². The van der Waals surface area contributed by atoms with Gasteiger partial charge in [-0.1, -0.05) is 29.8 Å². The molecule has 4 heteroatoms. The van der Waals surface area contributed by atoms with Crippen molar-refractivity contribution in [3.63, 3.8) is 0 Å². The lowest BCUT2D eigenvalue weighted by atomic mass is 9.88. The Hall–Kier alpha value is -0.640. The normalized spacial score (nSPS) is 14.9. The Morgan fingerprint density at radius 1 is 1.42 bits per heavy atom. The van der Waals surface area contributed by atoms with Crippen molar-refractivity contribution in [1.29, 1.82) is 0 Å². The Kier molecular flexibility index (Phi) is 6.24. The van der Waals surface area contributed by atoms with Gasteiger partial charge in [0.15, 0.2) is 0 Å². The summed E-state index contributed by atoms with van der Waals surface area (Å²) in [7, 11) is -1.32. The third kappa shape index (κ3) is 5.47. The van der Waals surface area contributed by atoms with Gasteiger partial charge in [0.2, 0.25) is 0 Å². The van der Waals surface area contributed by atoms with Crippen molar-refractivity contribution in [2.24, 2.45) is 11.1 Å². The van der Waals surface area contributed by atoms with E-state index in [2.05, 4.69) is 6.58 Å². The molecule has 106 valence electrons. The van der Waals surface area contributed by atoms with Gasteiger partial charge in [-0.25, -0.2) is 4.21 Å². The summed E-state index contributed by atoms with van der Waals surface area (Å²) in [4.78, 5) is 0. The standard InChI is InChI=1S/C15H22ClNOS/c1-4-5-13(11-15(2,3)19(17)18)10-12-6-8-14(16)9-7-12/h4,6-9,13H,1,5,10-11,17H2,2-3H3/t13-,19?/m1/s1. The van der Waals surface area contributed by atoms with E-state index in [1.54, 1.807) is 0 Å². The predicted octanol–water partition coefficient (Wildman–Crippen LogP) is 3.87. The maximum Gasteiger partial charge on any atom is 0.0945 e. The van der Waals surface area contributed by atoms with Crippen molar-refractivity contribution in [2.45, 2.75) is 37.9 Å². The Morgan fingerprint density at radius 3 is 2.47 bits per heavy atom. The number of benzene rings is 1. The van der Waals surface area contributed by atoms with Crippen LogP contribution in [0.1, 0.15) is 32.3 Å². The second-order valence-electron chi connectivity index (χ2n) is 5.48. The molecule has 1 aromatic rings. The molecule has 0 saturated carbocycles. The molecule has 1 rings (SSSR count). The summed E-state index contributed by atoms with van der Waals surface area (Å²) in [5.74, 6) is 0.390. The first-order valence-electron chi connectivity index (χ1n) is 6.37. The molecule has 0 aromatic heterocycles. The molecule has 0 saturated heterocycles. The first-order chi connectivity index (χ1) is 8.85. The summed E-state index contributed by atoms with van der Waals surface area (Å²) >= 11 is 5.88. The predicted molar refractivity (Wildman–Crippen MR) is 84.5 cm³/mol. The van der Waals surface area contributed by atoms with Crippen LogP contribution in [0, 0.1) is 5.92 Å². The van der Waals surface area contributed by atoms with Gasteiger partial charge in [0, 0.05) is 5.02 Å². The lowest BCUT2D eigenvalue weighted by Crippen LogP contribution is -2.34. The van der Waals surface area contributed by atoms with Crippen LogP contribution >= 0.6 is 11.6 Å². The molecule has 0 fully saturated rings. The van der Waals surface area contributed by atoms with Crippen LogP contribution in [0.15, 0.2) is 36.9 Å². The number of allylic oxidation sites excluding steroid dienone is 1. The summed E-state index contributed by atoms with van der Waals surface area (Å²) in [6, 6.07) is 7.86. The van der Waals surface area contributed by atoms with Crippen molar-refractivity contribution >= 4 is 22.6 Å². The van der Waals surface area contributed by atoms with E-state index in [0.29, 0.717) is 5.92 Å². The molecule has 0 spiro atoms.